The van der Waals surface area contributed by atoms with Gasteiger partial charge in [0, 0.05) is 11.7 Å². The first-order valence-electron chi connectivity index (χ1n) is 7.35. The van der Waals surface area contributed by atoms with Gasteiger partial charge in [0.15, 0.2) is 0 Å². The second-order valence-corrected chi connectivity index (χ2v) is 6.48. The molecular formula is C17H20N2OS. The lowest BCUT2D eigenvalue weighted by Crippen LogP contribution is -2.47. The van der Waals surface area contributed by atoms with Crippen LogP contribution in [0, 0.1) is 6.92 Å². The van der Waals surface area contributed by atoms with E-state index in [2.05, 4.69) is 37.5 Å². The Morgan fingerprint density at radius 1 is 1.33 bits per heavy atom. The number of fused-ring (bicyclic) bond motifs is 1. The van der Waals surface area contributed by atoms with Gasteiger partial charge in [0.25, 0.3) is 5.91 Å². The number of thiophene rings is 1. The topological polar surface area (TPSA) is 32.3 Å². The van der Waals surface area contributed by atoms with Gasteiger partial charge in [-0.15, -0.1) is 11.3 Å². The number of carbonyl (C=O) groups is 1. The fourth-order valence-corrected chi connectivity index (χ4v) is 3.75. The fourth-order valence-electron chi connectivity index (χ4n) is 2.78. The van der Waals surface area contributed by atoms with Gasteiger partial charge in [-0.3, -0.25) is 4.79 Å². The number of aryl methyl sites for hydroxylation is 1. The molecule has 21 heavy (non-hydrogen) atoms. The van der Waals surface area contributed by atoms with E-state index in [0.29, 0.717) is 0 Å². The van der Waals surface area contributed by atoms with Crippen molar-refractivity contribution in [3.8, 4) is 0 Å². The SMILES string of the molecule is CC[C@H](C)N1C(=O)c2ccccc2N[C@@H]1c1sccc1C. The van der Waals surface area contributed by atoms with Crippen molar-refractivity contribution in [3.05, 3.63) is 51.7 Å². The van der Waals surface area contributed by atoms with Crippen molar-refractivity contribution < 1.29 is 4.79 Å². The highest BCUT2D eigenvalue weighted by molar-refractivity contribution is 7.10. The zero-order chi connectivity index (χ0) is 15.0. The maximum Gasteiger partial charge on any atom is 0.258 e. The molecule has 1 amide bonds. The largest absolute Gasteiger partial charge is 0.360 e. The van der Waals surface area contributed by atoms with Crippen molar-refractivity contribution in [2.24, 2.45) is 0 Å². The number of anilines is 1. The molecule has 3 nitrogen and oxygen atoms in total. The molecule has 0 fully saturated rings. The highest BCUT2D eigenvalue weighted by Crippen LogP contribution is 2.37. The summed E-state index contributed by atoms with van der Waals surface area (Å²) in [5.74, 6) is 0.122. The van der Waals surface area contributed by atoms with Gasteiger partial charge in [-0.25, -0.2) is 0 Å². The molecule has 110 valence electrons. The van der Waals surface area contributed by atoms with Crippen LogP contribution in [0.3, 0.4) is 0 Å². The molecule has 0 saturated carbocycles. The van der Waals surface area contributed by atoms with Crippen molar-refractivity contribution in [2.45, 2.75) is 39.4 Å². The molecule has 0 unspecified atom stereocenters. The van der Waals surface area contributed by atoms with Gasteiger partial charge in [0.2, 0.25) is 0 Å². The molecule has 1 aliphatic rings. The second kappa shape index (κ2) is 5.53. The highest BCUT2D eigenvalue weighted by Gasteiger charge is 2.36. The van der Waals surface area contributed by atoms with Crippen molar-refractivity contribution in [2.75, 3.05) is 5.32 Å². The fraction of sp³-hybridized carbons (Fsp3) is 0.353. The summed E-state index contributed by atoms with van der Waals surface area (Å²) in [6, 6.07) is 10.1. The molecule has 1 aromatic carbocycles. The molecule has 2 aromatic rings. The highest BCUT2D eigenvalue weighted by atomic mass is 32.1. The maximum atomic E-state index is 12.9. The Bertz CT molecular complexity index is 664. The number of amides is 1. The third kappa shape index (κ3) is 2.33. The molecule has 3 rings (SSSR count). The van der Waals surface area contributed by atoms with Crippen LogP contribution in [0.4, 0.5) is 5.69 Å². The average Bonchev–Trinajstić information content (AvgIpc) is 2.92. The van der Waals surface area contributed by atoms with E-state index in [4.69, 9.17) is 0 Å². The van der Waals surface area contributed by atoms with E-state index in [1.165, 1.54) is 10.4 Å². The Labute approximate surface area is 129 Å². The van der Waals surface area contributed by atoms with E-state index in [-0.39, 0.29) is 18.1 Å². The van der Waals surface area contributed by atoms with E-state index in [9.17, 15) is 4.79 Å². The zero-order valence-electron chi connectivity index (χ0n) is 12.6. The summed E-state index contributed by atoms with van der Waals surface area (Å²) < 4.78 is 0. The molecular weight excluding hydrogens is 280 g/mol. The van der Waals surface area contributed by atoms with Gasteiger partial charge in [0.1, 0.15) is 6.17 Å². The van der Waals surface area contributed by atoms with Gasteiger partial charge in [0.05, 0.1) is 10.4 Å². The smallest absolute Gasteiger partial charge is 0.258 e. The molecule has 0 aliphatic carbocycles. The molecule has 1 aliphatic heterocycles. The number of nitrogens with zero attached hydrogens (tertiary/aromatic N) is 1. The lowest BCUT2D eigenvalue weighted by atomic mass is 10.0. The lowest BCUT2D eigenvalue weighted by molar-refractivity contribution is 0.0597. The van der Waals surface area contributed by atoms with Crippen LogP contribution >= 0.6 is 11.3 Å². The van der Waals surface area contributed by atoms with E-state index in [0.717, 1.165) is 17.7 Å². The lowest BCUT2D eigenvalue weighted by Gasteiger charge is -2.41. The minimum Gasteiger partial charge on any atom is -0.360 e. The van der Waals surface area contributed by atoms with Crippen LogP contribution in [0.2, 0.25) is 0 Å². The third-order valence-electron chi connectivity index (χ3n) is 4.18. The predicted molar refractivity (Wildman–Crippen MR) is 87.8 cm³/mol. The number of benzene rings is 1. The molecule has 4 heteroatoms. The maximum absolute atomic E-state index is 12.9. The summed E-state index contributed by atoms with van der Waals surface area (Å²) in [5.41, 5.74) is 2.93. The van der Waals surface area contributed by atoms with Crippen LogP contribution in [0.25, 0.3) is 0 Å². The van der Waals surface area contributed by atoms with E-state index in [1.54, 1.807) is 11.3 Å². The summed E-state index contributed by atoms with van der Waals surface area (Å²) in [4.78, 5) is 16.1. The van der Waals surface area contributed by atoms with Crippen LogP contribution in [-0.2, 0) is 0 Å². The Morgan fingerprint density at radius 3 is 2.76 bits per heavy atom. The first kappa shape index (κ1) is 14.1. The number of hydrogen-bond donors (Lipinski definition) is 1. The number of rotatable bonds is 3. The Hall–Kier alpha value is -1.81. The van der Waals surface area contributed by atoms with E-state index in [1.807, 2.05) is 29.2 Å². The zero-order valence-corrected chi connectivity index (χ0v) is 13.4. The minimum atomic E-state index is -0.0673. The molecule has 2 heterocycles. The monoisotopic (exact) mass is 300 g/mol. The predicted octanol–water partition coefficient (Wildman–Crippen LogP) is 4.42. The van der Waals surface area contributed by atoms with Crippen LogP contribution in [0.1, 0.15) is 47.2 Å². The molecule has 1 N–H and O–H groups in total. The summed E-state index contributed by atoms with van der Waals surface area (Å²) in [6.07, 6.45) is 0.874. The molecule has 0 spiro atoms. The van der Waals surface area contributed by atoms with Crippen LogP contribution in [0.15, 0.2) is 35.7 Å². The van der Waals surface area contributed by atoms with Gasteiger partial charge in [-0.1, -0.05) is 19.1 Å². The van der Waals surface area contributed by atoms with Crippen LogP contribution in [-0.4, -0.2) is 16.8 Å². The van der Waals surface area contributed by atoms with Crippen LogP contribution in [0.5, 0.6) is 0 Å². The molecule has 0 bridgehead atoms. The summed E-state index contributed by atoms with van der Waals surface area (Å²) in [6.45, 7) is 6.34. The van der Waals surface area contributed by atoms with Crippen molar-refractivity contribution in [3.63, 3.8) is 0 Å². The number of carbonyl (C=O) groups excluding carboxylic acids is 1. The normalized spacial score (nSPS) is 19.1. The Kier molecular flexibility index (Phi) is 3.72. The Balaban J connectivity index is 2.10. The van der Waals surface area contributed by atoms with Gasteiger partial charge < -0.3 is 10.2 Å². The molecule has 1 aromatic heterocycles. The van der Waals surface area contributed by atoms with Crippen molar-refractivity contribution in [1.82, 2.24) is 4.90 Å². The standard InChI is InChI=1S/C17H20N2OS/c1-4-12(3)19-16(15-11(2)9-10-21-15)18-14-8-6-5-7-13(14)17(19)20/h5-10,12,16,18H,4H2,1-3H3/t12-,16-/m0/s1. The number of nitrogens with one attached hydrogen (secondary N) is 1. The summed E-state index contributed by atoms with van der Waals surface area (Å²) in [5, 5.41) is 5.64. The number of para-hydroxylation sites is 1. The van der Waals surface area contributed by atoms with Gasteiger partial charge in [-0.2, -0.15) is 0 Å². The van der Waals surface area contributed by atoms with Gasteiger partial charge >= 0.3 is 0 Å². The second-order valence-electron chi connectivity index (χ2n) is 5.53. The summed E-state index contributed by atoms with van der Waals surface area (Å²) >= 11 is 1.71. The number of hydrogen-bond acceptors (Lipinski definition) is 3. The Morgan fingerprint density at radius 2 is 2.10 bits per heavy atom. The molecule has 0 radical (unpaired) electrons. The van der Waals surface area contributed by atoms with Crippen LogP contribution < -0.4 is 5.32 Å². The van der Waals surface area contributed by atoms with E-state index < -0.39 is 0 Å². The first-order chi connectivity index (χ1) is 10.1. The van der Waals surface area contributed by atoms with E-state index >= 15 is 0 Å². The average molecular weight is 300 g/mol. The first-order valence-corrected chi connectivity index (χ1v) is 8.23. The minimum absolute atomic E-state index is 0.0673. The molecule has 0 saturated heterocycles. The quantitative estimate of drug-likeness (QED) is 0.910. The van der Waals surface area contributed by atoms with Gasteiger partial charge in [-0.05, 0) is 49.4 Å². The van der Waals surface area contributed by atoms with Crippen molar-refractivity contribution in [1.29, 1.82) is 0 Å². The third-order valence-corrected chi connectivity index (χ3v) is 5.25. The molecule has 2 atom stereocenters. The summed E-state index contributed by atoms with van der Waals surface area (Å²) in [7, 11) is 0. The van der Waals surface area contributed by atoms with Crippen molar-refractivity contribution >= 4 is 22.9 Å².